The molecule has 2 unspecified atom stereocenters. The number of hydrogen-bond donors (Lipinski definition) is 1. The van der Waals surface area contributed by atoms with Crippen LogP contribution < -0.4 is 4.74 Å². The van der Waals surface area contributed by atoms with Crippen molar-refractivity contribution < 1.29 is 37.3 Å². The number of aliphatic hydroxyl groups is 1. The molecular formula is C24H35F3O5. The van der Waals surface area contributed by atoms with Crippen LogP contribution in [0.15, 0.2) is 24.3 Å². The molecule has 0 aromatic heterocycles. The van der Waals surface area contributed by atoms with Crippen LogP contribution in [0.25, 0.3) is 0 Å². The molecular weight excluding hydrogens is 425 g/mol. The van der Waals surface area contributed by atoms with Crippen LogP contribution in [-0.2, 0) is 20.5 Å². The number of ketones is 1. The van der Waals surface area contributed by atoms with Gasteiger partial charge in [0.25, 0.3) is 0 Å². The standard InChI is InChI=1S/C24H35F3O5/c1-3-31-23(30)15-7-5-4-6-10-19(18(2)28)11-8-13-21(29)17-32-22-14-9-12-20(16-22)24(25,26)27/h9,12,14,16,19,21,29H,3-8,10-11,13,15,17H2,1-2H3. The zero-order valence-electron chi connectivity index (χ0n) is 19.0. The van der Waals surface area contributed by atoms with Gasteiger partial charge in [0.2, 0.25) is 0 Å². The van der Waals surface area contributed by atoms with Crippen LogP contribution in [0.1, 0.15) is 77.2 Å². The molecule has 0 aliphatic heterocycles. The van der Waals surface area contributed by atoms with Gasteiger partial charge in [0.05, 0.1) is 18.3 Å². The van der Waals surface area contributed by atoms with Gasteiger partial charge in [0.1, 0.15) is 18.1 Å². The highest BCUT2D eigenvalue weighted by molar-refractivity contribution is 5.78. The highest BCUT2D eigenvalue weighted by Gasteiger charge is 2.30. The van der Waals surface area contributed by atoms with E-state index in [4.69, 9.17) is 9.47 Å². The van der Waals surface area contributed by atoms with Crippen molar-refractivity contribution in [1.29, 1.82) is 0 Å². The zero-order valence-corrected chi connectivity index (χ0v) is 19.0. The third-order valence-corrected chi connectivity index (χ3v) is 5.26. The summed E-state index contributed by atoms with van der Waals surface area (Å²) in [5.41, 5.74) is -0.797. The first-order valence-corrected chi connectivity index (χ1v) is 11.3. The van der Waals surface area contributed by atoms with Gasteiger partial charge in [-0.05, 0) is 57.7 Å². The minimum atomic E-state index is -4.44. The minimum absolute atomic E-state index is 0.0587. The number of Topliss-reactive ketones (excluding diaryl/α,β-unsaturated/α-hetero) is 1. The van der Waals surface area contributed by atoms with Crippen LogP contribution in [0.4, 0.5) is 13.2 Å². The Balaban J connectivity index is 2.25. The second-order valence-electron chi connectivity index (χ2n) is 7.99. The summed E-state index contributed by atoms with van der Waals surface area (Å²) in [7, 11) is 0. The third kappa shape index (κ3) is 12.1. The molecule has 0 amide bonds. The van der Waals surface area contributed by atoms with E-state index < -0.39 is 17.8 Å². The van der Waals surface area contributed by atoms with E-state index in [1.165, 1.54) is 12.1 Å². The number of carbonyl (C=O) groups excluding carboxylic acids is 2. The van der Waals surface area contributed by atoms with Gasteiger partial charge in [-0.2, -0.15) is 13.2 Å². The monoisotopic (exact) mass is 460 g/mol. The predicted molar refractivity (Wildman–Crippen MR) is 115 cm³/mol. The molecule has 182 valence electrons. The minimum Gasteiger partial charge on any atom is -0.491 e. The van der Waals surface area contributed by atoms with Gasteiger partial charge < -0.3 is 14.6 Å². The third-order valence-electron chi connectivity index (χ3n) is 5.26. The summed E-state index contributed by atoms with van der Waals surface area (Å²) < 4.78 is 48.4. The summed E-state index contributed by atoms with van der Waals surface area (Å²) in [6.07, 6.45) is 1.14. The summed E-state index contributed by atoms with van der Waals surface area (Å²) in [5.74, 6) is -0.0731. The molecule has 1 aromatic rings. The Bertz CT molecular complexity index is 690. The van der Waals surface area contributed by atoms with Crippen molar-refractivity contribution in [2.45, 2.75) is 83.9 Å². The number of unbranched alkanes of at least 4 members (excludes halogenated alkanes) is 3. The van der Waals surface area contributed by atoms with E-state index >= 15 is 0 Å². The van der Waals surface area contributed by atoms with Crippen molar-refractivity contribution >= 4 is 11.8 Å². The van der Waals surface area contributed by atoms with Gasteiger partial charge in [0, 0.05) is 12.3 Å². The molecule has 0 saturated heterocycles. The fourth-order valence-corrected chi connectivity index (χ4v) is 3.44. The number of aliphatic hydroxyl groups excluding tert-OH is 1. The summed E-state index contributed by atoms with van der Waals surface area (Å²) in [5, 5.41) is 10.1. The van der Waals surface area contributed by atoms with E-state index in [2.05, 4.69) is 0 Å². The van der Waals surface area contributed by atoms with Crippen LogP contribution >= 0.6 is 0 Å². The highest BCUT2D eigenvalue weighted by Crippen LogP contribution is 2.31. The topological polar surface area (TPSA) is 72.8 Å². The van der Waals surface area contributed by atoms with Crippen molar-refractivity contribution in [3.8, 4) is 5.75 Å². The van der Waals surface area contributed by atoms with Crippen LogP contribution in [-0.4, -0.2) is 36.2 Å². The van der Waals surface area contributed by atoms with E-state index in [9.17, 15) is 27.9 Å². The lowest BCUT2D eigenvalue weighted by atomic mass is 9.91. The summed E-state index contributed by atoms with van der Waals surface area (Å²) in [6.45, 7) is 3.64. The Morgan fingerprint density at radius 2 is 1.72 bits per heavy atom. The van der Waals surface area contributed by atoms with Gasteiger partial charge in [-0.3, -0.25) is 9.59 Å². The summed E-state index contributed by atoms with van der Waals surface area (Å²) in [4.78, 5) is 23.2. The molecule has 0 radical (unpaired) electrons. The molecule has 2 atom stereocenters. The molecule has 1 rings (SSSR count). The first kappa shape index (κ1) is 27.9. The second kappa shape index (κ2) is 14.9. The lowest BCUT2D eigenvalue weighted by molar-refractivity contribution is -0.143. The second-order valence-corrected chi connectivity index (χ2v) is 7.99. The normalized spacial score (nSPS) is 13.4. The lowest BCUT2D eigenvalue weighted by Crippen LogP contribution is -2.19. The van der Waals surface area contributed by atoms with Gasteiger partial charge >= 0.3 is 12.1 Å². The van der Waals surface area contributed by atoms with Gasteiger partial charge in [-0.15, -0.1) is 0 Å². The quantitative estimate of drug-likeness (QED) is 0.252. The van der Waals surface area contributed by atoms with Crippen molar-refractivity contribution in [3.63, 3.8) is 0 Å². The number of esters is 1. The molecule has 0 aliphatic carbocycles. The van der Waals surface area contributed by atoms with E-state index in [1.54, 1.807) is 13.8 Å². The number of rotatable bonds is 16. The van der Waals surface area contributed by atoms with Crippen LogP contribution in [0.5, 0.6) is 5.75 Å². The van der Waals surface area contributed by atoms with Crippen molar-refractivity contribution in [2.24, 2.45) is 5.92 Å². The van der Waals surface area contributed by atoms with Crippen molar-refractivity contribution in [2.75, 3.05) is 13.2 Å². The lowest BCUT2D eigenvalue weighted by Gasteiger charge is -2.16. The molecule has 5 nitrogen and oxygen atoms in total. The molecule has 0 fully saturated rings. The van der Waals surface area contributed by atoms with Gasteiger partial charge in [-0.25, -0.2) is 0 Å². The van der Waals surface area contributed by atoms with Crippen LogP contribution in [0, 0.1) is 5.92 Å². The average molecular weight is 461 g/mol. The number of alkyl halides is 3. The number of hydrogen-bond acceptors (Lipinski definition) is 5. The van der Waals surface area contributed by atoms with Gasteiger partial charge in [0.15, 0.2) is 0 Å². The maximum Gasteiger partial charge on any atom is 0.416 e. The Morgan fingerprint density at radius 3 is 2.38 bits per heavy atom. The number of carbonyl (C=O) groups is 2. The molecule has 8 heteroatoms. The molecule has 0 bridgehead atoms. The van der Waals surface area contributed by atoms with Crippen molar-refractivity contribution in [1.82, 2.24) is 0 Å². The predicted octanol–water partition coefficient (Wildman–Crippen LogP) is 5.72. The average Bonchev–Trinajstić information content (AvgIpc) is 2.73. The van der Waals surface area contributed by atoms with Crippen LogP contribution in [0.2, 0.25) is 0 Å². The highest BCUT2D eigenvalue weighted by atomic mass is 19.4. The Morgan fingerprint density at radius 1 is 1.03 bits per heavy atom. The van der Waals surface area contributed by atoms with Crippen molar-refractivity contribution in [3.05, 3.63) is 29.8 Å². The van der Waals surface area contributed by atoms with E-state index in [0.29, 0.717) is 32.3 Å². The Kier molecular flexibility index (Phi) is 13.0. The fraction of sp³-hybridized carbons (Fsp3) is 0.667. The molecule has 1 N–H and O–H groups in total. The largest absolute Gasteiger partial charge is 0.491 e. The maximum atomic E-state index is 12.7. The molecule has 32 heavy (non-hydrogen) atoms. The smallest absolute Gasteiger partial charge is 0.416 e. The fourth-order valence-electron chi connectivity index (χ4n) is 3.44. The SMILES string of the molecule is CCOC(=O)CCCCCCC(CCCC(O)COc1cccc(C(F)(F)F)c1)C(C)=O. The molecule has 0 heterocycles. The molecule has 0 saturated carbocycles. The first-order chi connectivity index (χ1) is 15.1. The summed E-state index contributed by atoms with van der Waals surface area (Å²) >= 11 is 0. The first-order valence-electron chi connectivity index (χ1n) is 11.3. The maximum absolute atomic E-state index is 12.7. The zero-order chi connectivity index (χ0) is 24.0. The van der Waals surface area contributed by atoms with E-state index in [0.717, 1.165) is 44.2 Å². The summed E-state index contributed by atoms with van der Waals surface area (Å²) in [6, 6.07) is 4.55. The molecule has 0 spiro atoms. The van der Waals surface area contributed by atoms with Gasteiger partial charge in [-0.1, -0.05) is 31.7 Å². The molecule has 0 aliphatic rings. The number of ether oxygens (including phenoxy) is 2. The van der Waals surface area contributed by atoms with E-state index in [1.807, 2.05) is 0 Å². The van der Waals surface area contributed by atoms with E-state index in [-0.39, 0.29) is 30.0 Å². The number of benzene rings is 1. The van der Waals surface area contributed by atoms with Crippen LogP contribution in [0.3, 0.4) is 0 Å². The Labute approximate surface area is 188 Å². The Hall–Kier alpha value is -2.09. The molecule has 1 aromatic carbocycles. The number of halogens is 3.